The van der Waals surface area contributed by atoms with Crippen LogP contribution in [0.2, 0.25) is 0 Å². The largest absolute Gasteiger partial charge is 0.481 e. The summed E-state index contributed by atoms with van der Waals surface area (Å²) in [4.78, 5) is 26.4. The number of ether oxygens (including phenoxy) is 1. The number of carboxylic acid groups (broad SMARTS) is 1. The van der Waals surface area contributed by atoms with Crippen molar-refractivity contribution in [3.05, 3.63) is 11.6 Å². The van der Waals surface area contributed by atoms with Crippen molar-refractivity contribution in [3.8, 4) is 0 Å². The van der Waals surface area contributed by atoms with Crippen LogP contribution in [0.25, 0.3) is 0 Å². The Morgan fingerprint density at radius 1 is 0.830 bits per heavy atom. The Kier molecular flexibility index (Phi) is 9.64. The SMILES string of the molecule is CC1CCC2(C)CCC3(C)C(=CCC4(C)C3CCC3C(C)(C(=O)O)C(OC(=O)[C@@H](O)[C@@H](O)[C@H](O)[C@H](O)[C@@H](O)CO)CCC34C)C2C1C. The Morgan fingerprint density at radius 3 is 2.09 bits per heavy atom. The third kappa shape index (κ3) is 5.25. The summed E-state index contributed by atoms with van der Waals surface area (Å²) in [5, 5.41) is 70.6. The van der Waals surface area contributed by atoms with E-state index in [2.05, 4.69) is 47.6 Å². The van der Waals surface area contributed by atoms with Gasteiger partial charge in [0.05, 0.1) is 6.61 Å². The van der Waals surface area contributed by atoms with Crippen LogP contribution in [0, 0.1) is 56.7 Å². The fourth-order valence-electron chi connectivity index (χ4n) is 12.1. The van der Waals surface area contributed by atoms with E-state index >= 15 is 0 Å². The lowest BCUT2D eigenvalue weighted by molar-refractivity contribution is -0.233. The highest BCUT2D eigenvalue weighted by molar-refractivity contribution is 5.79. The van der Waals surface area contributed by atoms with Gasteiger partial charge in [0.25, 0.3) is 0 Å². The molecule has 0 aromatic rings. The number of fused-ring (bicyclic) bond motifs is 7. The number of hydrogen-bond donors (Lipinski definition) is 7. The first kappa shape index (κ1) is 36.7. The maximum absolute atomic E-state index is 13.2. The van der Waals surface area contributed by atoms with E-state index in [1.807, 2.05) is 0 Å². The molecule has 0 spiro atoms. The molecule has 0 saturated heterocycles. The van der Waals surface area contributed by atoms with Crippen LogP contribution in [0.4, 0.5) is 0 Å². The number of carbonyl (C=O) groups is 2. The molecular weight excluding hydrogens is 604 g/mol. The monoisotopic (exact) mass is 664 g/mol. The van der Waals surface area contributed by atoms with Crippen molar-refractivity contribution in [3.63, 3.8) is 0 Å². The molecule has 7 N–H and O–H groups in total. The highest BCUT2D eigenvalue weighted by atomic mass is 16.6. The molecule has 0 aromatic carbocycles. The highest BCUT2D eigenvalue weighted by Crippen LogP contribution is 2.75. The smallest absolute Gasteiger partial charge is 0.338 e. The second kappa shape index (κ2) is 12.3. The fraction of sp³-hybridized carbons (Fsp3) is 0.892. The normalized spacial score (nSPS) is 47.8. The van der Waals surface area contributed by atoms with Crippen molar-refractivity contribution < 1.29 is 50.1 Å². The summed E-state index contributed by atoms with van der Waals surface area (Å²) in [6.07, 6.45) is -0.914. The molecule has 10 nitrogen and oxygen atoms in total. The van der Waals surface area contributed by atoms with Gasteiger partial charge in [0.15, 0.2) is 6.10 Å². The van der Waals surface area contributed by atoms with Crippen LogP contribution < -0.4 is 0 Å². The molecule has 0 radical (unpaired) electrons. The third-order valence-electron chi connectivity index (χ3n) is 15.5. The molecule has 5 rings (SSSR count). The highest BCUT2D eigenvalue weighted by Gasteiger charge is 2.71. The van der Waals surface area contributed by atoms with Crippen molar-refractivity contribution in [1.82, 2.24) is 0 Å². The van der Waals surface area contributed by atoms with Crippen molar-refractivity contribution in [1.29, 1.82) is 0 Å². The van der Waals surface area contributed by atoms with Gasteiger partial charge in [-0.25, -0.2) is 4.79 Å². The minimum atomic E-state index is -2.31. The van der Waals surface area contributed by atoms with Crippen LogP contribution >= 0.6 is 0 Å². The molecule has 5 aliphatic carbocycles. The Bertz CT molecular complexity index is 1250. The summed E-state index contributed by atoms with van der Waals surface area (Å²) < 4.78 is 5.68. The predicted octanol–water partition coefficient (Wildman–Crippen LogP) is 3.44. The summed E-state index contributed by atoms with van der Waals surface area (Å²) in [7, 11) is 0. The van der Waals surface area contributed by atoms with Gasteiger partial charge in [-0.3, -0.25) is 4.79 Å². The topological polar surface area (TPSA) is 185 Å². The van der Waals surface area contributed by atoms with Gasteiger partial charge in [0.2, 0.25) is 0 Å². The first-order chi connectivity index (χ1) is 21.7. The lowest BCUT2D eigenvalue weighted by atomic mass is 9.33. The molecular formula is C37H60O10. The van der Waals surface area contributed by atoms with E-state index in [0.29, 0.717) is 41.9 Å². The van der Waals surface area contributed by atoms with Crippen LogP contribution in [0.5, 0.6) is 0 Å². The molecule has 47 heavy (non-hydrogen) atoms. The number of allylic oxidation sites excluding steroid dienone is 2. The number of rotatable bonds is 8. The van der Waals surface area contributed by atoms with Gasteiger partial charge in [0, 0.05) is 0 Å². The van der Waals surface area contributed by atoms with Crippen molar-refractivity contribution in [2.45, 2.75) is 143 Å². The van der Waals surface area contributed by atoms with Gasteiger partial charge in [0.1, 0.15) is 35.9 Å². The summed E-state index contributed by atoms with van der Waals surface area (Å²) in [5.74, 6) is -0.463. The maximum Gasteiger partial charge on any atom is 0.338 e. The number of aliphatic carboxylic acids is 1. The van der Waals surface area contributed by atoms with Gasteiger partial charge >= 0.3 is 11.9 Å². The second-order valence-corrected chi connectivity index (χ2v) is 17.5. The summed E-state index contributed by atoms with van der Waals surface area (Å²) >= 11 is 0. The number of aliphatic hydroxyl groups is 6. The minimum absolute atomic E-state index is 0.0364. The van der Waals surface area contributed by atoms with E-state index < -0.39 is 60.6 Å². The Labute approximate surface area is 279 Å². The van der Waals surface area contributed by atoms with E-state index in [1.54, 1.807) is 12.5 Å². The van der Waals surface area contributed by atoms with Crippen LogP contribution in [-0.4, -0.2) is 90.9 Å². The number of aliphatic hydroxyl groups excluding tert-OH is 6. The molecule has 4 saturated carbocycles. The van der Waals surface area contributed by atoms with Gasteiger partial charge in [-0.1, -0.05) is 53.2 Å². The van der Waals surface area contributed by atoms with Crippen LogP contribution in [0.15, 0.2) is 11.6 Å². The molecule has 0 amide bonds. The number of carbonyl (C=O) groups excluding carboxylic acids is 1. The maximum atomic E-state index is 13.2. The Morgan fingerprint density at radius 2 is 1.47 bits per heavy atom. The summed E-state index contributed by atoms with van der Waals surface area (Å²) in [6.45, 7) is 15.2. The van der Waals surface area contributed by atoms with E-state index in [0.717, 1.165) is 19.3 Å². The second-order valence-electron chi connectivity index (χ2n) is 17.5. The summed E-state index contributed by atoms with van der Waals surface area (Å²) in [5.41, 5.74) is -0.0292. The summed E-state index contributed by atoms with van der Waals surface area (Å²) in [6, 6.07) is 0. The zero-order valence-electron chi connectivity index (χ0n) is 29.4. The predicted molar refractivity (Wildman–Crippen MR) is 174 cm³/mol. The van der Waals surface area contributed by atoms with E-state index in [1.165, 1.54) is 19.3 Å². The zero-order chi connectivity index (χ0) is 35.1. The molecule has 4 fully saturated rings. The standard InChI is InChI=1S/C37H60O10/c1-19-10-13-33(3)16-17-34(4)21(26(33)20(19)2)11-14-35(5)23(34)8-9-24-36(35,6)15-12-25(37(24,7)32(45)46)47-31(44)30(43)29(42)28(41)27(40)22(39)18-38/h11,19-20,22-30,38-43H,8-10,12-18H2,1-7H3,(H,45,46)/t19?,20?,22-,23?,24?,25?,26?,27+,28+,29-,30-,33?,34?,35?,36?,37?/m0/s1. The molecule has 0 aliphatic heterocycles. The molecule has 10 heteroatoms. The Balaban J connectivity index is 1.42. The molecule has 11 unspecified atom stereocenters. The van der Waals surface area contributed by atoms with Gasteiger partial charge in [-0.05, 0) is 116 Å². The lowest BCUT2D eigenvalue weighted by Crippen LogP contribution is -2.67. The molecule has 16 atom stereocenters. The van der Waals surface area contributed by atoms with Crippen LogP contribution in [-0.2, 0) is 14.3 Å². The van der Waals surface area contributed by atoms with Crippen molar-refractivity contribution in [2.24, 2.45) is 56.7 Å². The molecule has 0 heterocycles. The zero-order valence-corrected chi connectivity index (χ0v) is 29.4. The lowest BCUT2D eigenvalue weighted by Gasteiger charge is -2.71. The van der Waals surface area contributed by atoms with E-state index in [4.69, 9.17) is 9.84 Å². The van der Waals surface area contributed by atoms with Gasteiger partial charge in [-0.2, -0.15) is 0 Å². The average Bonchev–Trinajstić information content (AvgIpc) is 3.03. The van der Waals surface area contributed by atoms with Crippen molar-refractivity contribution >= 4 is 11.9 Å². The average molecular weight is 665 g/mol. The number of carboxylic acids is 1. The fourth-order valence-corrected chi connectivity index (χ4v) is 12.1. The molecule has 268 valence electrons. The van der Waals surface area contributed by atoms with E-state index in [-0.39, 0.29) is 28.6 Å². The Hall–Kier alpha value is -1.56. The first-order valence-electron chi connectivity index (χ1n) is 17.9. The van der Waals surface area contributed by atoms with Gasteiger partial charge in [-0.15, -0.1) is 0 Å². The molecule has 5 aliphatic rings. The minimum Gasteiger partial charge on any atom is -0.481 e. The molecule has 0 bridgehead atoms. The number of esters is 1. The quantitative estimate of drug-likeness (QED) is 0.150. The van der Waals surface area contributed by atoms with Crippen LogP contribution in [0.3, 0.4) is 0 Å². The number of hydrogen-bond acceptors (Lipinski definition) is 9. The van der Waals surface area contributed by atoms with E-state index in [9.17, 15) is 40.2 Å². The third-order valence-corrected chi connectivity index (χ3v) is 15.5. The van der Waals surface area contributed by atoms with Gasteiger partial charge < -0.3 is 40.5 Å². The first-order valence-corrected chi connectivity index (χ1v) is 17.9. The molecule has 0 aromatic heterocycles. The van der Waals surface area contributed by atoms with Crippen molar-refractivity contribution in [2.75, 3.05) is 6.61 Å². The van der Waals surface area contributed by atoms with Crippen LogP contribution in [0.1, 0.15) is 106 Å².